The molecule has 0 unspecified atom stereocenters. The van der Waals surface area contributed by atoms with E-state index in [1.54, 1.807) is 30.3 Å². The van der Waals surface area contributed by atoms with Crippen LogP contribution in [0.1, 0.15) is 43.7 Å². The zero-order chi connectivity index (χ0) is 31.3. The molecular formula is C32H35Cl2N3O6S. The van der Waals surface area contributed by atoms with Gasteiger partial charge in [-0.25, -0.2) is 8.42 Å². The van der Waals surface area contributed by atoms with Gasteiger partial charge in [-0.15, -0.1) is 0 Å². The fourth-order valence-corrected chi connectivity index (χ4v) is 7.04. The first-order chi connectivity index (χ1) is 21.1. The number of rotatable bonds is 12. The van der Waals surface area contributed by atoms with E-state index in [0.29, 0.717) is 27.1 Å². The summed E-state index contributed by atoms with van der Waals surface area (Å²) in [4.78, 5) is 29.8. The highest BCUT2D eigenvalue weighted by atomic mass is 35.5. The molecule has 44 heavy (non-hydrogen) atoms. The second kappa shape index (κ2) is 14.1. The van der Waals surface area contributed by atoms with E-state index in [0.717, 1.165) is 35.6 Å². The van der Waals surface area contributed by atoms with Crippen LogP contribution in [0.4, 0.5) is 5.69 Å². The lowest BCUT2D eigenvalue weighted by Gasteiger charge is -2.34. The number of fused-ring (bicyclic) bond motifs is 1. The fourth-order valence-electron chi connectivity index (χ4n) is 5.52. The van der Waals surface area contributed by atoms with Crippen LogP contribution in [0.3, 0.4) is 0 Å². The third kappa shape index (κ3) is 7.60. The second-order valence-corrected chi connectivity index (χ2v) is 13.9. The average Bonchev–Trinajstić information content (AvgIpc) is 3.71. The molecule has 0 spiro atoms. The number of hydrogen-bond acceptors (Lipinski definition) is 6. The van der Waals surface area contributed by atoms with E-state index in [1.807, 2.05) is 30.3 Å². The summed E-state index contributed by atoms with van der Waals surface area (Å²) in [5.41, 5.74) is 1.68. The molecule has 1 atom stereocenters. The lowest BCUT2D eigenvalue weighted by molar-refractivity contribution is -0.140. The molecule has 1 aliphatic carbocycles. The van der Waals surface area contributed by atoms with E-state index in [2.05, 4.69) is 5.32 Å². The van der Waals surface area contributed by atoms with Crippen molar-refractivity contribution in [2.75, 3.05) is 23.4 Å². The number of ether oxygens (including phenoxy) is 2. The van der Waals surface area contributed by atoms with Crippen LogP contribution in [0.5, 0.6) is 11.5 Å². The zero-order valence-electron chi connectivity index (χ0n) is 24.4. The molecule has 2 amide bonds. The van der Waals surface area contributed by atoms with Crippen LogP contribution in [0, 0.1) is 0 Å². The minimum Gasteiger partial charge on any atom is -0.454 e. The highest BCUT2D eigenvalue weighted by Crippen LogP contribution is 2.36. The van der Waals surface area contributed by atoms with Crippen LogP contribution in [0.15, 0.2) is 66.7 Å². The Hall–Kier alpha value is -3.47. The van der Waals surface area contributed by atoms with E-state index in [4.69, 9.17) is 32.7 Å². The molecule has 0 saturated heterocycles. The zero-order valence-corrected chi connectivity index (χ0v) is 26.7. The largest absolute Gasteiger partial charge is 0.454 e. The minimum atomic E-state index is -3.92. The SMILES string of the molecule is CCS(=O)(=O)N(CC(=O)N(Cc1ccc(Cl)cc1Cl)[C@@H](Cc1ccccc1)C(=O)NC1CCCC1)c1ccc2c(c1)OCO2. The van der Waals surface area contributed by atoms with Crippen molar-refractivity contribution in [1.29, 1.82) is 0 Å². The first-order valence-corrected chi connectivity index (χ1v) is 17.0. The minimum absolute atomic E-state index is 0.0162. The normalized spacial score (nSPS) is 15.2. The molecule has 0 radical (unpaired) electrons. The monoisotopic (exact) mass is 659 g/mol. The second-order valence-electron chi connectivity index (χ2n) is 10.9. The molecule has 234 valence electrons. The summed E-state index contributed by atoms with van der Waals surface area (Å²) < 4.78 is 38.7. The average molecular weight is 661 g/mol. The quantitative estimate of drug-likeness (QED) is 0.272. The van der Waals surface area contributed by atoms with Gasteiger partial charge in [0.25, 0.3) is 0 Å². The van der Waals surface area contributed by atoms with Gasteiger partial charge in [0.15, 0.2) is 11.5 Å². The summed E-state index contributed by atoms with van der Waals surface area (Å²) in [6.07, 6.45) is 4.01. The Morgan fingerprint density at radius 3 is 2.41 bits per heavy atom. The third-order valence-corrected chi connectivity index (χ3v) is 10.3. The summed E-state index contributed by atoms with van der Waals surface area (Å²) in [6.45, 7) is 0.956. The maximum atomic E-state index is 14.4. The Kier molecular flexibility index (Phi) is 10.2. The lowest BCUT2D eigenvalue weighted by atomic mass is 10.0. The molecule has 9 nitrogen and oxygen atoms in total. The summed E-state index contributed by atoms with van der Waals surface area (Å²) in [6, 6.07) is 18.2. The Morgan fingerprint density at radius 2 is 1.70 bits per heavy atom. The van der Waals surface area contributed by atoms with Crippen molar-refractivity contribution >= 4 is 50.7 Å². The van der Waals surface area contributed by atoms with Gasteiger partial charge in [0, 0.05) is 35.1 Å². The number of nitrogens with zero attached hydrogens (tertiary/aromatic N) is 2. The number of anilines is 1. The summed E-state index contributed by atoms with van der Waals surface area (Å²) >= 11 is 12.7. The highest BCUT2D eigenvalue weighted by Gasteiger charge is 2.35. The Morgan fingerprint density at radius 1 is 0.977 bits per heavy atom. The molecule has 12 heteroatoms. The van der Waals surface area contributed by atoms with E-state index in [1.165, 1.54) is 17.9 Å². The predicted octanol–water partition coefficient (Wildman–Crippen LogP) is 5.58. The fraction of sp³-hybridized carbons (Fsp3) is 0.375. The Balaban J connectivity index is 1.53. The van der Waals surface area contributed by atoms with Crippen LogP contribution >= 0.6 is 23.2 Å². The molecule has 3 aromatic carbocycles. The third-order valence-electron chi connectivity index (χ3n) is 7.95. The standard InChI is InChI=1S/C32H35Cl2N3O6S/c1-2-44(40,41)37(26-14-15-29-30(18-26)43-21-42-29)20-31(38)36(19-23-12-13-24(33)17-27(23)34)28(16-22-8-4-3-5-9-22)32(39)35-25-10-6-7-11-25/h3-5,8-9,12-15,17-18,25,28H,2,6-7,10-11,16,19-21H2,1H3,(H,35,39)/t28-/m0/s1. The number of carbonyl (C=O) groups is 2. The van der Waals surface area contributed by atoms with E-state index in [-0.39, 0.29) is 43.1 Å². The predicted molar refractivity (Wildman–Crippen MR) is 171 cm³/mol. The number of carbonyl (C=O) groups excluding carboxylic acids is 2. The van der Waals surface area contributed by atoms with Crippen LogP contribution in [-0.2, 0) is 32.6 Å². The molecule has 3 aromatic rings. The van der Waals surface area contributed by atoms with Gasteiger partial charge in [-0.1, -0.05) is 72.4 Å². The van der Waals surface area contributed by atoms with Gasteiger partial charge in [0.1, 0.15) is 12.6 Å². The van der Waals surface area contributed by atoms with Gasteiger partial charge in [0.05, 0.1) is 11.4 Å². The molecule has 2 aliphatic rings. The summed E-state index contributed by atoms with van der Waals surface area (Å²) in [7, 11) is -3.92. The molecule has 1 aliphatic heterocycles. The smallest absolute Gasteiger partial charge is 0.244 e. The van der Waals surface area contributed by atoms with Crippen molar-refractivity contribution in [1.82, 2.24) is 10.2 Å². The van der Waals surface area contributed by atoms with E-state index < -0.39 is 28.5 Å². The number of amides is 2. The van der Waals surface area contributed by atoms with Crippen molar-refractivity contribution in [3.8, 4) is 11.5 Å². The molecule has 0 bridgehead atoms. The maximum absolute atomic E-state index is 14.4. The van der Waals surface area contributed by atoms with Gasteiger partial charge in [0.2, 0.25) is 28.6 Å². The highest BCUT2D eigenvalue weighted by molar-refractivity contribution is 7.92. The summed E-state index contributed by atoms with van der Waals surface area (Å²) in [5, 5.41) is 3.91. The van der Waals surface area contributed by atoms with Gasteiger partial charge >= 0.3 is 0 Å². The van der Waals surface area contributed by atoms with Gasteiger partial charge in [-0.2, -0.15) is 0 Å². The first kappa shape index (κ1) is 31.9. The maximum Gasteiger partial charge on any atom is 0.244 e. The number of sulfonamides is 1. The Bertz CT molecular complexity index is 1600. The van der Waals surface area contributed by atoms with Crippen LogP contribution in [0.2, 0.25) is 10.0 Å². The molecule has 5 rings (SSSR count). The van der Waals surface area contributed by atoms with Crippen LogP contribution in [0.25, 0.3) is 0 Å². The number of halogens is 2. The lowest BCUT2D eigenvalue weighted by Crippen LogP contribution is -2.54. The van der Waals surface area contributed by atoms with Gasteiger partial charge in [-0.3, -0.25) is 13.9 Å². The topological polar surface area (TPSA) is 105 Å². The molecule has 1 heterocycles. The van der Waals surface area contributed by atoms with Crippen LogP contribution < -0.4 is 19.1 Å². The summed E-state index contributed by atoms with van der Waals surface area (Å²) in [5.74, 6) is -0.235. The molecule has 1 N–H and O–H groups in total. The van der Waals surface area contributed by atoms with Crippen molar-refractivity contribution in [2.24, 2.45) is 0 Å². The number of nitrogens with one attached hydrogen (secondary N) is 1. The van der Waals surface area contributed by atoms with Gasteiger partial charge in [-0.05, 0) is 55.2 Å². The molecule has 1 fully saturated rings. The first-order valence-electron chi connectivity index (χ1n) is 14.6. The van der Waals surface area contributed by atoms with Crippen molar-refractivity contribution in [3.05, 3.63) is 87.9 Å². The van der Waals surface area contributed by atoms with E-state index >= 15 is 0 Å². The van der Waals surface area contributed by atoms with Crippen molar-refractivity contribution < 1.29 is 27.5 Å². The van der Waals surface area contributed by atoms with Crippen molar-refractivity contribution in [3.63, 3.8) is 0 Å². The van der Waals surface area contributed by atoms with Gasteiger partial charge < -0.3 is 19.7 Å². The molecular weight excluding hydrogens is 625 g/mol. The molecule has 0 aromatic heterocycles. The number of benzene rings is 3. The Labute approximate surface area is 268 Å². The van der Waals surface area contributed by atoms with Crippen LogP contribution in [-0.4, -0.2) is 56.3 Å². The molecule has 1 saturated carbocycles. The van der Waals surface area contributed by atoms with Crippen molar-refractivity contribution in [2.45, 2.75) is 57.7 Å². The number of hydrogen-bond donors (Lipinski definition) is 1. The van der Waals surface area contributed by atoms with E-state index in [9.17, 15) is 18.0 Å².